The first-order chi connectivity index (χ1) is 8.29. The van der Waals surface area contributed by atoms with Gasteiger partial charge in [-0.25, -0.2) is 0 Å². The molecule has 0 radical (unpaired) electrons. The summed E-state index contributed by atoms with van der Waals surface area (Å²) in [7, 11) is 0. The molecule has 4 fully saturated rings. The number of ether oxygens (including phenoxy) is 1. The Kier molecular flexibility index (Phi) is 2.34. The van der Waals surface area contributed by atoms with Crippen molar-refractivity contribution in [1.29, 1.82) is 0 Å². The summed E-state index contributed by atoms with van der Waals surface area (Å²) >= 11 is 0. The number of hydrogen-bond donors (Lipinski definition) is 1. The Balaban J connectivity index is 1.39. The van der Waals surface area contributed by atoms with Crippen LogP contribution in [-0.2, 0) is 4.74 Å². The summed E-state index contributed by atoms with van der Waals surface area (Å²) in [5.74, 6) is 0.669. The molecule has 17 heavy (non-hydrogen) atoms. The molecule has 0 aromatic rings. The van der Waals surface area contributed by atoms with Gasteiger partial charge in [0, 0.05) is 31.7 Å². The maximum absolute atomic E-state index is 6.31. The maximum Gasteiger partial charge on any atom is 0.0789 e. The maximum atomic E-state index is 6.31. The Labute approximate surface area is 104 Å². The zero-order valence-electron chi connectivity index (χ0n) is 10.6. The van der Waals surface area contributed by atoms with Gasteiger partial charge in [0.1, 0.15) is 0 Å². The lowest BCUT2D eigenvalue weighted by Crippen LogP contribution is -2.75. The van der Waals surface area contributed by atoms with Gasteiger partial charge in [-0.1, -0.05) is 19.3 Å². The Morgan fingerprint density at radius 3 is 2.65 bits per heavy atom. The van der Waals surface area contributed by atoms with Crippen LogP contribution in [0.25, 0.3) is 0 Å². The lowest BCUT2D eigenvalue weighted by atomic mass is 9.64. The van der Waals surface area contributed by atoms with E-state index < -0.39 is 0 Å². The molecule has 3 nitrogen and oxygen atoms in total. The summed E-state index contributed by atoms with van der Waals surface area (Å²) in [6.07, 6.45) is 8.95. The lowest BCUT2D eigenvalue weighted by Gasteiger charge is -2.61. The Hall–Kier alpha value is -0.120. The van der Waals surface area contributed by atoms with Crippen LogP contribution >= 0.6 is 0 Å². The van der Waals surface area contributed by atoms with Crippen molar-refractivity contribution >= 4 is 0 Å². The average Bonchev–Trinajstić information content (AvgIpc) is 2.72. The Morgan fingerprint density at radius 1 is 1.12 bits per heavy atom. The Morgan fingerprint density at radius 2 is 1.88 bits per heavy atom. The number of nitrogens with two attached hydrogens (primary N) is 1. The van der Waals surface area contributed by atoms with Gasteiger partial charge >= 0.3 is 0 Å². The quantitative estimate of drug-likeness (QED) is 0.747. The molecule has 0 bridgehead atoms. The van der Waals surface area contributed by atoms with Crippen molar-refractivity contribution in [2.45, 2.75) is 56.7 Å². The third-order valence-corrected chi connectivity index (χ3v) is 5.82. The van der Waals surface area contributed by atoms with Gasteiger partial charge in [0.05, 0.1) is 12.1 Å². The van der Waals surface area contributed by atoms with Crippen molar-refractivity contribution in [3.8, 4) is 0 Å². The summed E-state index contributed by atoms with van der Waals surface area (Å²) < 4.78 is 5.85. The zero-order valence-corrected chi connectivity index (χ0v) is 10.6. The molecule has 2 heterocycles. The first-order valence-corrected chi connectivity index (χ1v) is 7.40. The minimum Gasteiger partial charge on any atom is -0.376 e. The molecule has 4 unspecified atom stereocenters. The third-order valence-electron chi connectivity index (χ3n) is 5.82. The molecule has 2 aliphatic heterocycles. The van der Waals surface area contributed by atoms with Crippen LogP contribution < -0.4 is 5.73 Å². The van der Waals surface area contributed by atoms with Gasteiger partial charge in [-0.05, 0) is 24.7 Å². The van der Waals surface area contributed by atoms with Gasteiger partial charge in [0.15, 0.2) is 0 Å². The van der Waals surface area contributed by atoms with Gasteiger partial charge in [-0.3, -0.25) is 4.90 Å². The average molecular weight is 236 g/mol. The first kappa shape index (κ1) is 10.8. The van der Waals surface area contributed by atoms with Crippen LogP contribution in [0.1, 0.15) is 38.5 Å². The van der Waals surface area contributed by atoms with Gasteiger partial charge in [-0.2, -0.15) is 0 Å². The van der Waals surface area contributed by atoms with Crippen LogP contribution in [-0.4, -0.2) is 42.8 Å². The molecular weight excluding hydrogens is 212 g/mol. The van der Waals surface area contributed by atoms with Gasteiger partial charge < -0.3 is 10.5 Å². The number of likely N-dealkylation sites (tertiary alicyclic amines) is 1. The van der Waals surface area contributed by atoms with Crippen LogP contribution in [0.15, 0.2) is 0 Å². The second-order valence-electron chi connectivity index (χ2n) is 6.82. The normalized spacial score (nSPS) is 48.5. The van der Waals surface area contributed by atoms with Gasteiger partial charge in [-0.15, -0.1) is 0 Å². The first-order valence-electron chi connectivity index (χ1n) is 7.40. The Bertz CT molecular complexity index is 305. The highest BCUT2D eigenvalue weighted by Crippen LogP contribution is 2.49. The predicted octanol–water partition coefficient (Wildman–Crippen LogP) is 1.37. The number of hydrogen-bond acceptors (Lipinski definition) is 3. The smallest absolute Gasteiger partial charge is 0.0789 e. The molecule has 0 aromatic carbocycles. The van der Waals surface area contributed by atoms with Crippen LogP contribution in [0.2, 0.25) is 0 Å². The molecule has 2 saturated carbocycles. The molecule has 2 saturated heterocycles. The standard InChI is InChI=1S/C14H24N2O/c15-11-10-4-7-17-13(10)12(11)16-8-14(9-16)5-2-1-3-6-14/h10-13H,1-9,15H2. The number of rotatable bonds is 1. The monoisotopic (exact) mass is 236 g/mol. The second-order valence-corrected chi connectivity index (χ2v) is 6.82. The summed E-state index contributed by atoms with van der Waals surface area (Å²) in [6, 6.07) is 0.943. The van der Waals surface area contributed by atoms with E-state index in [1.165, 1.54) is 51.6 Å². The topological polar surface area (TPSA) is 38.5 Å². The highest BCUT2D eigenvalue weighted by atomic mass is 16.5. The number of nitrogens with zero attached hydrogens (tertiary/aromatic N) is 1. The molecule has 2 N–H and O–H groups in total. The summed E-state index contributed by atoms with van der Waals surface area (Å²) in [5, 5.41) is 0. The highest BCUT2D eigenvalue weighted by Gasteiger charge is 2.58. The van der Waals surface area contributed by atoms with E-state index in [1.807, 2.05) is 0 Å². The second kappa shape index (κ2) is 3.69. The van der Waals surface area contributed by atoms with E-state index in [9.17, 15) is 0 Å². The molecule has 4 atom stereocenters. The lowest BCUT2D eigenvalue weighted by molar-refractivity contribution is -0.144. The molecule has 4 rings (SSSR count). The van der Waals surface area contributed by atoms with Crippen molar-refractivity contribution in [2.75, 3.05) is 19.7 Å². The van der Waals surface area contributed by atoms with E-state index in [4.69, 9.17) is 10.5 Å². The molecule has 3 heteroatoms. The van der Waals surface area contributed by atoms with Crippen molar-refractivity contribution in [3.63, 3.8) is 0 Å². The zero-order chi connectivity index (χ0) is 11.5. The van der Waals surface area contributed by atoms with Gasteiger partial charge in [0.2, 0.25) is 0 Å². The number of fused-ring (bicyclic) bond motifs is 1. The molecule has 2 aliphatic carbocycles. The molecule has 4 aliphatic rings. The SMILES string of the molecule is NC1C2CCOC2C1N1CC2(CCCCC2)C1. The molecule has 0 aromatic heterocycles. The van der Waals surface area contributed by atoms with E-state index in [-0.39, 0.29) is 0 Å². The highest BCUT2D eigenvalue weighted by molar-refractivity contribution is 5.13. The summed E-state index contributed by atoms with van der Waals surface area (Å²) in [5.41, 5.74) is 7.00. The van der Waals surface area contributed by atoms with E-state index >= 15 is 0 Å². The molecule has 96 valence electrons. The fraction of sp³-hybridized carbons (Fsp3) is 1.00. The van der Waals surface area contributed by atoms with Crippen molar-refractivity contribution in [1.82, 2.24) is 4.90 Å². The van der Waals surface area contributed by atoms with E-state index in [2.05, 4.69) is 4.90 Å². The van der Waals surface area contributed by atoms with Crippen molar-refractivity contribution < 1.29 is 4.74 Å². The third kappa shape index (κ3) is 1.45. The van der Waals surface area contributed by atoms with E-state index in [0.717, 1.165) is 6.61 Å². The van der Waals surface area contributed by atoms with E-state index in [0.29, 0.717) is 29.5 Å². The van der Waals surface area contributed by atoms with Gasteiger partial charge in [0.25, 0.3) is 0 Å². The minimum absolute atomic E-state index is 0.392. The fourth-order valence-electron chi connectivity index (χ4n) is 4.81. The minimum atomic E-state index is 0.392. The van der Waals surface area contributed by atoms with E-state index in [1.54, 1.807) is 0 Å². The predicted molar refractivity (Wildman–Crippen MR) is 66.7 cm³/mol. The van der Waals surface area contributed by atoms with Crippen LogP contribution in [0.4, 0.5) is 0 Å². The van der Waals surface area contributed by atoms with Crippen LogP contribution in [0, 0.1) is 11.3 Å². The largest absolute Gasteiger partial charge is 0.376 e. The van der Waals surface area contributed by atoms with Crippen LogP contribution in [0.3, 0.4) is 0 Å². The fourth-order valence-corrected chi connectivity index (χ4v) is 4.81. The van der Waals surface area contributed by atoms with Crippen LogP contribution in [0.5, 0.6) is 0 Å². The molecule has 0 amide bonds. The van der Waals surface area contributed by atoms with Crippen molar-refractivity contribution in [2.24, 2.45) is 17.1 Å². The molecule has 1 spiro atoms. The molecular formula is C14H24N2O. The van der Waals surface area contributed by atoms with Crippen molar-refractivity contribution in [3.05, 3.63) is 0 Å². The summed E-state index contributed by atoms with van der Waals surface area (Å²) in [4.78, 5) is 2.63. The summed E-state index contributed by atoms with van der Waals surface area (Å²) in [6.45, 7) is 3.55.